The summed E-state index contributed by atoms with van der Waals surface area (Å²) in [5.74, 6) is 0.843. The zero-order chi connectivity index (χ0) is 17.7. The van der Waals surface area contributed by atoms with Crippen LogP contribution in [0.5, 0.6) is 0 Å². The molecule has 2 atom stereocenters. The SMILES string of the molecule is CC=C=C1CC(CO)C1(C)C.COC=C=C1CC(CO)C1(C)C. The summed E-state index contributed by atoms with van der Waals surface area (Å²) in [4.78, 5) is 0. The highest BCUT2D eigenvalue weighted by Gasteiger charge is 2.43. The molecule has 0 bridgehead atoms. The monoisotopic (exact) mass is 320 g/mol. The van der Waals surface area contributed by atoms with Gasteiger partial charge < -0.3 is 14.9 Å². The van der Waals surface area contributed by atoms with Crippen molar-refractivity contribution in [3.8, 4) is 0 Å². The molecule has 2 fully saturated rings. The minimum absolute atomic E-state index is 0.101. The highest BCUT2D eigenvalue weighted by molar-refractivity contribution is 5.24. The van der Waals surface area contributed by atoms with E-state index in [4.69, 9.17) is 14.9 Å². The van der Waals surface area contributed by atoms with Crippen LogP contribution in [0.3, 0.4) is 0 Å². The van der Waals surface area contributed by atoms with Gasteiger partial charge in [0.15, 0.2) is 0 Å². The molecular weight excluding hydrogens is 288 g/mol. The first kappa shape index (κ1) is 19.8. The Morgan fingerprint density at radius 1 is 1.00 bits per heavy atom. The highest BCUT2D eigenvalue weighted by Crippen LogP contribution is 2.50. The molecule has 2 N–H and O–H groups in total. The minimum Gasteiger partial charge on any atom is -0.496 e. The largest absolute Gasteiger partial charge is 0.496 e. The molecule has 3 heteroatoms. The maximum Gasteiger partial charge on any atom is 0.125 e. The fourth-order valence-electron chi connectivity index (χ4n) is 3.14. The Morgan fingerprint density at radius 3 is 1.74 bits per heavy atom. The van der Waals surface area contributed by atoms with Crippen LogP contribution in [0.2, 0.25) is 0 Å². The Bertz CT molecular complexity index is 527. The van der Waals surface area contributed by atoms with E-state index in [-0.39, 0.29) is 17.4 Å². The van der Waals surface area contributed by atoms with Crippen molar-refractivity contribution in [2.24, 2.45) is 22.7 Å². The van der Waals surface area contributed by atoms with Gasteiger partial charge in [-0.3, -0.25) is 0 Å². The van der Waals surface area contributed by atoms with Crippen molar-refractivity contribution in [3.63, 3.8) is 0 Å². The molecule has 2 aliphatic rings. The van der Waals surface area contributed by atoms with E-state index >= 15 is 0 Å². The number of aliphatic hydroxyl groups is 2. The molecule has 0 spiro atoms. The third kappa shape index (κ3) is 4.19. The van der Waals surface area contributed by atoms with Gasteiger partial charge in [0.1, 0.15) is 6.26 Å². The lowest BCUT2D eigenvalue weighted by Gasteiger charge is -2.45. The summed E-state index contributed by atoms with van der Waals surface area (Å²) >= 11 is 0. The third-order valence-corrected chi connectivity index (χ3v) is 5.61. The average molecular weight is 320 g/mol. The van der Waals surface area contributed by atoms with Crippen molar-refractivity contribution in [2.45, 2.75) is 47.5 Å². The summed E-state index contributed by atoms with van der Waals surface area (Å²) in [5, 5.41) is 17.9. The Labute approximate surface area is 141 Å². The Morgan fingerprint density at radius 2 is 1.43 bits per heavy atom. The van der Waals surface area contributed by atoms with Crippen LogP contribution in [0.15, 0.2) is 34.9 Å². The Kier molecular flexibility index (Phi) is 6.92. The minimum atomic E-state index is 0.101. The van der Waals surface area contributed by atoms with E-state index in [2.05, 4.69) is 39.2 Å². The molecule has 0 aliphatic heterocycles. The lowest BCUT2D eigenvalue weighted by molar-refractivity contribution is 0.0849. The molecule has 0 amide bonds. The number of ether oxygens (including phenoxy) is 1. The van der Waals surface area contributed by atoms with Gasteiger partial charge in [0, 0.05) is 13.2 Å². The van der Waals surface area contributed by atoms with Crippen LogP contribution in [0.1, 0.15) is 47.5 Å². The maximum atomic E-state index is 8.98. The second-order valence-electron chi connectivity index (χ2n) is 7.50. The van der Waals surface area contributed by atoms with Crippen LogP contribution < -0.4 is 0 Å². The van der Waals surface area contributed by atoms with Crippen LogP contribution in [0, 0.1) is 22.7 Å². The molecule has 0 radical (unpaired) electrons. The lowest BCUT2D eigenvalue weighted by Crippen LogP contribution is -2.39. The van der Waals surface area contributed by atoms with Crippen molar-refractivity contribution >= 4 is 0 Å². The van der Waals surface area contributed by atoms with Crippen molar-refractivity contribution in [3.05, 3.63) is 34.9 Å². The molecule has 0 saturated heterocycles. The van der Waals surface area contributed by atoms with Crippen LogP contribution >= 0.6 is 0 Å². The molecule has 3 nitrogen and oxygen atoms in total. The second kappa shape index (κ2) is 8.04. The van der Waals surface area contributed by atoms with E-state index < -0.39 is 0 Å². The number of aliphatic hydroxyl groups excluding tert-OH is 2. The summed E-state index contributed by atoms with van der Waals surface area (Å²) < 4.78 is 4.79. The second-order valence-corrected chi connectivity index (χ2v) is 7.50. The van der Waals surface area contributed by atoms with Gasteiger partial charge in [-0.15, -0.1) is 5.73 Å². The number of hydrogen-bond donors (Lipinski definition) is 2. The molecule has 2 rings (SSSR count). The highest BCUT2D eigenvalue weighted by atomic mass is 16.5. The maximum absolute atomic E-state index is 8.98. The van der Waals surface area contributed by atoms with E-state index in [0.29, 0.717) is 18.4 Å². The molecule has 23 heavy (non-hydrogen) atoms. The number of hydrogen-bond acceptors (Lipinski definition) is 3. The van der Waals surface area contributed by atoms with E-state index in [0.717, 1.165) is 12.8 Å². The zero-order valence-corrected chi connectivity index (χ0v) is 15.4. The topological polar surface area (TPSA) is 49.7 Å². The Balaban J connectivity index is 0.000000231. The van der Waals surface area contributed by atoms with Crippen LogP contribution in [0.4, 0.5) is 0 Å². The summed E-state index contributed by atoms with van der Waals surface area (Å²) in [7, 11) is 1.61. The van der Waals surface area contributed by atoms with Crippen molar-refractivity contribution in [1.29, 1.82) is 0 Å². The van der Waals surface area contributed by atoms with Crippen molar-refractivity contribution in [1.82, 2.24) is 0 Å². The zero-order valence-electron chi connectivity index (χ0n) is 15.4. The van der Waals surface area contributed by atoms with Crippen LogP contribution in [0.25, 0.3) is 0 Å². The van der Waals surface area contributed by atoms with Gasteiger partial charge in [0.05, 0.1) is 7.11 Å². The predicted octanol–water partition coefficient (Wildman–Crippen LogP) is 3.84. The normalized spacial score (nSPS) is 26.4. The summed E-state index contributed by atoms with van der Waals surface area (Å²) in [6.07, 6.45) is 5.49. The molecule has 0 aromatic heterocycles. The summed E-state index contributed by atoms with van der Waals surface area (Å²) in [5.41, 5.74) is 9.17. The lowest BCUT2D eigenvalue weighted by atomic mass is 9.59. The molecular formula is C20H32O3. The third-order valence-electron chi connectivity index (χ3n) is 5.61. The molecule has 2 saturated carbocycles. The molecule has 0 heterocycles. The van der Waals surface area contributed by atoms with Gasteiger partial charge in [-0.05, 0) is 59.7 Å². The van der Waals surface area contributed by atoms with E-state index in [1.165, 1.54) is 11.1 Å². The van der Waals surface area contributed by atoms with E-state index in [1.807, 2.05) is 13.0 Å². The smallest absolute Gasteiger partial charge is 0.125 e. The van der Waals surface area contributed by atoms with Crippen molar-refractivity contribution in [2.75, 3.05) is 20.3 Å². The standard InChI is InChI=1S/C10H16O2.C10H16O/c1-10(2)8(4-5-12-3)6-9(10)7-11;1-4-5-8-6-9(7-11)10(8,2)3/h5,9,11H,6-7H2,1-3H3;4,9,11H,6-7H2,1-3H3. The molecule has 0 aromatic rings. The van der Waals surface area contributed by atoms with Crippen LogP contribution in [-0.2, 0) is 4.74 Å². The average Bonchev–Trinajstić information content (AvgIpc) is 2.51. The molecule has 0 aromatic carbocycles. The first-order valence-electron chi connectivity index (χ1n) is 8.35. The fraction of sp³-hybridized carbons (Fsp3) is 0.700. The number of allylic oxidation sites excluding steroid dienone is 2. The van der Waals surface area contributed by atoms with Crippen molar-refractivity contribution < 1.29 is 14.9 Å². The number of rotatable bonds is 3. The molecule has 2 aliphatic carbocycles. The van der Waals surface area contributed by atoms with Gasteiger partial charge in [0.25, 0.3) is 0 Å². The summed E-state index contributed by atoms with van der Waals surface area (Å²) in [6, 6.07) is 0. The van der Waals surface area contributed by atoms with Gasteiger partial charge in [-0.25, -0.2) is 0 Å². The van der Waals surface area contributed by atoms with Gasteiger partial charge in [0.2, 0.25) is 0 Å². The first-order chi connectivity index (χ1) is 10.7. The van der Waals surface area contributed by atoms with Crippen LogP contribution in [-0.4, -0.2) is 30.5 Å². The first-order valence-corrected chi connectivity index (χ1v) is 8.35. The fourth-order valence-corrected chi connectivity index (χ4v) is 3.14. The van der Waals surface area contributed by atoms with E-state index in [1.54, 1.807) is 13.4 Å². The van der Waals surface area contributed by atoms with Gasteiger partial charge in [-0.1, -0.05) is 33.4 Å². The van der Waals surface area contributed by atoms with Gasteiger partial charge in [-0.2, -0.15) is 0 Å². The van der Waals surface area contributed by atoms with E-state index in [9.17, 15) is 0 Å². The Hall–Kier alpha value is -1.24. The predicted molar refractivity (Wildman–Crippen MR) is 93.8 cm³/mol. The molecule has 130 valence electrons. The van der Waals surface area contributed by atoms with Gasteiger partial charge >= 0.3 is 0 Å². The summed E-state index contributed by atoms with van der Waals surface area (Å²) in [6.45, 7) is 11.2. The molecule has 2 unspecified atom stereocenters. The quantitative estimate of drug-likeness (QED) is 0.613. The number of methoxy groups -OCH3 is 1.